The summed E-state index contributed by atoms with van der Waals surface area (Å²) in [6, 6.07) is 7.87. The minimum Gasteiger partial charge on any atom is -0.479 e. The van der Waals surface area contributed by atoms with Crippen molar-refractivity contribution < 1.29 is 19.8 Å². The molecule has 2 aliphatic carbocycles. The zero-order valence-corrected chi connectivity index (χ0v) is 9.04. The molecule has 0 aliphatic heterocycles. The van der Waals surface area contributed by atoms with Crippen LogP contribution in [0.3, 0.4) is 0 Å². The Kier molecular flexibility index (Phi) is 2.70. The Morgan fingerprint density at radius 1 is 0.944 bits per heavy atom. The van der Waals surface area contributed by atoms with Crippen LogP contribution >= 0.6 is 0 Å². The molecule has 0 heterocycles. The number of carboxylic acids is 2. The summed E-state index contributed by atoms with van der Waals surface area (Å²) in [5, 5.41) is 18.3. The third-order valence-corrected chi connectivity index (χ3v) is 2.59. The van der Waals surface area contributed by atoms with Gasteiger partial charge in [0.25, 0.3) is 0 Å². The first-order chi connectivity index (χ1) is 8.57. The average Bonchev–Trinajstić information content (AvgIpc) is 2.44. The monoisotopic (exact) mass is 241 g/mol. The van der Waals surface area contributed by atoms with Gasteiger partial charge in [-0.3, -0.25) is 0 Å². The molecule has 0 amide bonds. The van der Waals surface area contributed by atoms with Crippen LogP contribution in [0.5, 0.6) is 0 Å². The van der Waals surface area contributed by atoms with Crippen molar-refractivity contribution in [3.63, 3.8) is 0 Å². The lowest BCUT2D eigenvalue weighted by Crippen LogP contribution is -1.96. The fourth-order valence-corrected chi connectivity index (χ4v) is 1.91. The SMILES string of the molecule is [C-]#[N+]c1c(C(=O)O)c2cccccc-2c1C(=O)O. The van der Waals surface area contributed by atoms with Gasteiger partial charge in [0.15, 0.2) is 0 Å². The Balaban J connectivity index is 2.99. The maximum absolute atomic E-state index is 11.2. The van der Waals surface area contributed by atoms with E-state index in [4.69, 9.17) is 16.8 Å². The predicted octanol–water partition coefficient (Wildman–Crippen LogP) is 2.74. The van der Waals surface area contributed by atoms with E-state index < -0.39 is 11.9 Å². The van der Waals surface area contributed by atoms with Crippen LogP contribution in [0.1, 0.15) is 20.7 Å². The van der Waals surface area contributed by atoms with Gasteiger partial charge in [-0.05, 0) is 11.1 Å². The van der Waals surface area contributed by atoms with Crippen LogP contribution < -0.4 is 0 Å². The second-order valence-corrected chi connectivity index (χ2v) is 3.56. The topological polar surface area (TPSA) is 79.0 Å². The summed E-state index contributed by atoms with van der Waals surface area (Å²) in [6.07, 6.45) is 0. The minimum absolute atomic E-state index is 0.256. The molecule has 0 aromatic heterocycles. The smallest absolute Gasteiger partial charge is 0.325 e. The van der Waals surface area contributed by atoms with E-state index in [1.54, 1.807) is 18.2 Å². The number of carbonyl (C=O) groups is 2. The lowest BCUT2D eigenvalue weighted by atomic mass is 10.1. The Labute approximate surface area is 102 Å². The van der Waals surface area contributed by atoms with Gasteiger partial charge in [0.2, 0.25) is 5.69 Å². The van der Waals surface area contributed by atoms with E-state index in [0.29, 0.717) is 0 Å². The van der Waals surface area contributed by atoms with Gasteiger partial charge in [0.05, 0.1) is 17.7 Å². The largest absolute Gasteiger partial charge is 0.479 e. The summed E-state index contributed by atoms with van der Waals surface area (Å²) in [4.78, 5) is 25.5. The predicted molar refractivity (Wildman–Crippen MR) is 63.2 cm³/mol. The minimum atomic E-state index is -1.30. The number of fused-ring (bicyclic) bond motifs is 1. The molecule has 0 spiro atoms. The van der Waals surface area contributed by atoms with Gasteiger partial charge in [-0.15, -0.1) is 0 Å². The Hall–Kier alpha value is -2.87. The third kappa shape index (κ3) is 1.57. The van der Waals surface area contributed by atoms with Crippen molar-refractivity contribution in [2.75, 3.05) is 0 Å². The van der Waals surface area contributed by atoms with E-state index in [9.17, 15) is 9.59 Å². The highest BCUT2D eigenvalue weighted by Gasteiger charge is 2.30. The van der Waals surface area contributed by atoms with Gasteiger partial charge < -0.3 is 10.2 Å². The van der Waals surface area contributed by atoms with Crippen molar-refractivity contribution in [3.05, 3.63) is 52.9 Å². The Bertz CT molecular complexity index is 621. The quantitative estimate of drug-likeness (QED) is 0.792. The lowest BCUT2D eigenvalue weighted by molar-refractivity contribution is 0.0694. The average molecular weight is 241 g/mol. The van der Waals surface area contributed by atoms with Gasteiger partial charge >= 0.3 is 11.9 Å². The molecule has 5 heteroatoms. The summed E-state index contributed by atoms with van der Waals surface area (Å²) in [7, 11) is 0. The number of aromatic carboxylic acids is 2. The van der Waals surface area contributed by atoms with E-state index in [0.717, 1.165) is 0 Å². The van der Waals surface area contributed by atoms with Crippen LogP contribution in [-0.4, -0.2) is 22.2 Å². The molecular formula is C13H7NO4. The Morgan fingerprint density at radius 2 is 1.39 bits per heavy atom. The molecule has 2 N–H and O–H groups in total. The third-order valence-electron chi connectivity index (χ3n) is 2.59. The first-order valence-electron chi connectivity index (χ1n) is 4.96. The van der Waals surface area contributed by atoms with Crippen molar-refractivity contribution >= 4 is 17.6 Å². The van der Waals surface area contributed by atoms with E-state index >= 15 is 0 Å². The number of hydrogen-bond acceptors (Lipinski definition) is 2. The maximum atomic E-state index is 11.2. The van der Waals surface area contributed by atoms with Crippen molar-refractivity contribution in [1.29, 1.82) is 0 Å². The fourth-order valence-electron chi connectivity index (χ4n) is 1.91. The van der Waals surface area contributed by atoms with Crippen LogP contribution in [0.2, 0.25) is 0 Å². The number of hydrogen-bond donors (Lipinski definition) is 2. The van der Waals surface area contributed by atoms with E-state index in [1.807, 2.05) is 0 Å². The number of carboxylic acid groups (broad SMARTS) is 2. The molecule has 2 rings (SSSR count). The highest BCUT2D eigenvalue weighted by molar-refractivity contribution is 6.15. The van der Waals surface area contributed by atoms with E-state index in [1.165, 1.54) is 12.1 Å². The highest BCUT2D eigenvalue weighted by Crippen LogP contribution is 2.41. The standard InChI is InChI=1S/C13H7NO4/c1-14-11-9(12(15)16)7-5-3-2-4-6-8(7)10(11)13(17)18/h2-6H,(H,15,16)(H,17,18). The zero-order valence-electron chi connectivity index (χ0n) is 9.04. The molecule has 0 aromatic carbocycles. The summed E-state index contributed by atoms with van der Waals surface area (Å²) in [6.45, 7) is 6.99. The van der Waals surface area contributed by atoms with Gasteiger partial charge in [-0.2, -0.15) is 0 Å². The second-order valence-electron chi connectivity index (χ2n) is 3.56. The highest BCUT2D eigenvalue weighted by atomic mass is 16.4. The van der Waals surface area contributed by atoms with Crippen molar-refractivity contribution in [3.8, 4) is 11.1 Å². The molecule has 0 fully saturated rings. The number of rotatable bonds is 2. The molecule has 0 radical (unpaired) electrons. The molecule has 0 aromatic rings. The van der Waals surface area contributed by atoms with Crippen LogP contribution in [0.4, 0.5) is 5.69 Å². The van der Waals surface area contributed by atoms with Gasteiger partial charge in [-0.25, -0.2) is 14.4 Å². The summed E-state index contributed by atoms with van der Waals surface area (Å²) in [5.41, 5.74) is -0.315. The molecule has 5 nitrogen and oxygen atoms in total. The van der Waals surface area contributed by atoms with Crippen molar-refractivity contribution in [2.45, 2.75) is 0 Å². The first-order valence-corrected chi connectivity index (χ1v) is 4.96. The lowest BCUT2D eigenvalue weighted by Gasteiger charge is -1.96. The van der Waals surface area contributed by atoms with E-state index in [2.05, 4.69) is 4.85 Å². The van der Waals surface area contributed by atoms with Gasteiger partial charge in [-0.1, -0.05) is 30.3 Å². The zero-order chi connectivity index (χ0) is 13.3. The maximum Gasteiger partial charge on any atom is 0.325 e. The summed E-state index contributed by atoms with van der Waals surface area (Å²) >= 11 is 0. The van der Waals surface area contributed by atoms with Crippen molar-refractivity contribution in [2.24, 2.45) is 0 Å². The molecule has 88 valence electrons. The van der Waals surface area contributed by atoms with E-state index in [-0.39, 0.29) is 27.9 Å². The second kappa shape index (κ2) is 4.18. The fraction of sp³-hybridized carbons (Fsp3) is 0. The molecule has 0 saturated heterocycles. The summed E-state index contributed by atoms with van der Waals surface area (Å²) < 4.78 is 0. The molecule has 0 atom stereocenters. The molecule has 18 heavy (non-hydrogen) atoms. The Morgan fingerprint density at radius 3 is 1.72 bits per heavy atom. The normalized spacial score (nSPS) is 9.94. The summed E-state index contributed by atoms with van der Waals surface area (Å²) in [5.74, 6) is -2.60. The molecule has 0 unspecified atom stereocenters. The molecular weight excluding hydrogens is 234 g/mol. The number of nitrogens with zero attached hydrogens (tertiary/aromatic N) is 1. The molecule has 0 bridgehead atoms. The van der Waals surface area contributed by atoms with Crippen LogP contribution in [0.25, 0.3) is 16.0 Å². The molecule has 0 saturated carbocycles. The first kappa shape index (κ1) is 11.6. The van der Waals surface area contributed by atoms with Crippen LogP contribution in [-0.2, 0) is 0 Å². The van der Waals surface area contributed by atoms with Crippen LogP contribution in [0, 0.1) is 6.57 Å². The van der Waals surface area contributed by atoms with Crippen LogP contribution in [0.15, 0.2) is 30.3 Å². The van der Waals surface area contributed by atoms with Gasteiger partial charge in [0, 0.05) is 0 Å². The van der Waals surface area contributed by atoms with Gasteiger partial charge in [0.1, 0.15) is 0 Å². The molecule has 2 aliphatic rings. The van der Waals surface area contributed by atoms with Crippen molar-refractivity contribution in [1.82, 2.24) is 0 Å².